The van der Waals surface area contributed by atoms with E-state index in [1.54, 1.807) is 17.5 Å². The van der Waals surface area contributed by atoms with Gasteiger partial charge in [-0.05, 0) is 6.92 Å². The largest absolute Gasteiger partial charge is 0.360 e. The number of hydrogen-bond acceptors (Lipinski definition) is 5. The Labute approximate surface area is 86.0 Å². The van der Waals surface area contributed by atoms with Crippen LogP contribution in [0.4, 0.5) is 0 Å². The van der Waals surface area contributed by atoms with Crippen LogP contribution < -0.4 is 5.32 Å². The molecule has 2 aromatic rings. The fourth-order valence-electron chi connectivity index (χ4n) is 1.11. The summed E-state index contributed by atoms with van der Waals surface area (Å²) < 4.78 is 4.95. The van der Waals surface area contributed by atoms with Gasteiger partial charge in [-0.15, -0.1) is 11.3 Å². The lowest BCUT2D eigenvalue weighted by Gasteiger charge is -1.97. The number of nitrogens with zero attached hydrogens (tertiary/aromatic N) is 2. The lowest BCUT2D eigenvalue weighted by atomic mass is 10.4. The first-order valence-electron chi connectivity index (χ1n) is 4.36. The normalized spacial score (nSPS) is 10.6. The molecule has 0 atom stereocenters. The van der Waals surface area contributed by atoms with Crippen molar-refractivity contribution in [2.75, 3.05) is 0 Å². The highest BCUT2D eigenvalue weighted by atomic mass is 32.1. The molecule has 2 aromatic heterocycles. The molecule has 0 aliphatic carbocycles. The highest BCUT2D eigenvalue weighted by molar-refractivity contribution is 7.09. The van der Waals surface area contributed by atoms with Crippen molar-refractivity contribution >= 4 is 11.3 Å². The van der Waals surface area contributed by atoms with Crippen LogP contribution in [0.2, 0.25) is 0 Å². The zero-order valence-electron chi connectivity index (χ0n) is 7.86. The molecule has 2 rings (SSSR count). The Morgan fingerprint density at radius 1 is 1.50 bits per heavy atom. The van der Waals surface area contributed by atoms with E-state index in [9.17, 15) is 0 Å². The average Bonchev–Trinajstić information content (AvgIpc) is 2.77. The van der Waals surface area contributed by atoms with Crippen LogP contribution in [0, 0.1) is 6.92 Å². The van der Waals surface area contributed by atoms with Crippen molar-refractivity contribution in [3.8, 4) is 0 Å². The van der Waals surface area contributed by atoms with Gasteiger partial charge in [-0.25, -0.2) is 4.98 Å². The summed E-state index contributed by atoms with van der Waals surface area (Å²) in [6.45, 7) is 3.47. The highest BCUT2D eigenvalue weighted by Gasteiger charge is 1.99. The van der Waals surface area contributed by atoms with E-state index in [0.717, 1.165) is 23.0 Å². The van der Waals surface area contributed by atoms with Crippen LogP contribution in [0.15, 0.2) is 22.2 Å². The maximum atomic E-state index is 4.95. The monoisotopic (exact) mass is 209 g/mol. The molecular formula is C9H11N3OS. The SMILES string of the molecule is Cc1csc(CNCc2ccno2)n1. The van der Waals surface area contributed by atoms with Crippen LogP contribution >= 0.6 is 11.3 Å². The minimum absolute atomic E-state index is 0.693. The Hall–Kier alpha value is -1.20. The number of thiazole rings is 1. The predicted molar refractivity (Wildman–Crippen MR) is 53.9 cm³/mol. The van der Waals surface area contributed by atoms with Crippen LogP contribution in [-0.4, -0.2) is 10.1 Å². The molecule has 1 N–H and O–H groups in total. The predicted octanol–water partition coefficient (Wildman–Crippen LogP) is 1.73. The molecule has 0 aliphatic heterocycles. The van der Waals surface area contributed by atoms with Crippen LogP contribution in [0.5, 0.6) is 0 Å². The maximum Gasteiger partial charge on any atom is 0.150 e. The fraction of sp³-hybridized carbons (Fsp3) is 0.333. The van der Waals surface area contributed by atoms with Gasteiger partial charge in [0.25, 0.3) is 0 Å². The van der Waals surface area contributed by atoms with E-state index < -0.39 is 0 Å². The fourth-order valence-corrected chi connectivity index (χ4v) is 1.85. The van der Waals surface area contributed by atoms with Gasteiger partial charge in [0.15, 0.2) is 0 Å². The van der Waals surface area contributed by atoms with Gasteiger partial charge >= 0.3 is 0 Å². The van der Waals surface area contributed by atoms with E-state index in [0.29, 0.717) is 6.54 Å². The summed E-state index contributed by atoms with van der Waals surface area (Å²) >= 11 is 1.67. The van der Waals surface area contributed by atoms with Crippen molar-refractivity contribution in [2.24, 2.45) is 0 Å². The quantitative estimate of drug-likeness (QED) is 0.833. The molecular weight excluding hydrogens is 198 g/mol. The Morgan fingerprint density at radius 2 is 2.43 bits per heavy atom. The molecule has 0 saturated carbocycles. The van der Waals surface area contributed by atoms with E-state index >= 15 is 0 Å². The minimum Gasteiger partial charge on any atom is -0.360 e. The zero-order chi connectivity index (χ0) is 9.80. The molecule has 0 radical (unpaired) electrons. The molecule has 5 heteroatoms. The number of nitrogens with one attached hydrogen (secondary N) is 1. The number of rotatable bonds is 4. The third-order valence-corrected chi connectivity index (χ3v) is 2.70. The van der Waals surface area contributed by atoms with Crippen molar-refractivity contribution < 1.29 is 4.52 Å². The topological polar surface area (TPSA) is 51.0 Å². The summed E-state index contributed by atoms with van der Waals surface area (Å²) in [5.74, 6) is 0.846. The van der Waals surface area contributed by atoms with Gasteiger partial charge < -0.3 is 9.84 Å². The number of hydrogen-bond donors (Lipinski definition) is 1. The van der Waals surface area contributed by atoms with E-state index in [4.69, 9.17) is 4.52 Å². The summed E-state index contributed by atoms with van der Waals surface area (Å²) in [7, 11) is 0. The first-order chi connectivity index (χ1) is 6.84. The smallest absolute Gasteiger partial charge is 0.150 e. The van der Waals surface area contributed by atoms with Gasteiger partial charge in [0.05, 0.1) is 12.7 Å². The second kappa shape index (κ2) is 4.34. The molecule has 2 heterocycles. The van der Waals surface area contributed by atoms with Gasteiger partial charge in [-0.3, -0.25) is 0 Å². The number of aromatic nitrogens is 2. The molecule has 4 nitrogen and oxygen atoms in total. The molecule has 0 aromatic carbocycles. The van der Waals surface area contributed by atoms with Crippen molar-refractivity contribution in [1.82, 2.24) is 15.5 Å². The molecule has 74 valence electrons. The summed E-state index contributed by atoms with van der Waals surface area (Å²) in [6.07, 6.45) is 1.64. The number of aryl methyl sites for hydroxylation is 1. The Morgan fingerprint density at radius 3 is 3.07 bits per heavy atom. The summed E-state index contributed by atoms with van der Waals surface area (Å²) in [6, 6.07) is 1.85. The molecule has 0 spiro atoms. The lowest BCUT2D eigenvalue weighted by molar-refractivity contribution is 0.372. The molecule has 0 unspecified atom stereocenters. The van der Waals surface area contributed by atoms with Crippen LogP contribution in [-0.2, 0) is 13.1 Å². The van der Waals surface area contributed by atoms with Gasteiger partial charge in [-0.1, -0.05) is 5.16 Å². The van der Waals surface area contributed by atoms with Crippen LogP contribution in [0.25, 0.3) is 0 Å². The minimum atomic E-state index is 0.693. The highest BCUT2D eigenvalue weighted by Crippen LogP contribution is 2.08. The van der Waals surface area contributed by atoms with E-state index in [1.165, 1.54) is 0 Å². The molecule has 0 bridgehead atoms. The Bertz CT molecular complexity index is 382. The van der Waals surface area contributed by atoms with Gasteiger partial charge in [0.1, 0.15) is 10.8 Å². The first kappa shape index (κ1) is 9.36. The van der Waals surface area contributed by atoms with Crippen molar-refractivity contribution in [2.45, 2.75) is 20.0 Å². The second-order valence-electron chi connectivity index (χ2n) is 2.96. The summed E-state index contributed by atoms with van der Waals surface area (Å²) in [5.41, 5.74) is 1.08. The first-order valence-corrected chi connectivity index (χ1v) is 5.24. The van der Waals surface area contributed by atoms with Gasteiger partial charge in [-0.2, -0.15) is 0 Å². The van der Waals surface area contributed by atoms with E-state index in [2.05, 4.69) is 15.5 Å². The Kier molecular flexibility index (Phi) is 2.90. The van der Waals surface area contributed by atoms with Crippen molar-refractivity contribution in [1.29, 1.82) is 0 Å². The van der Waals surface area contributed by atoms with E-state index in [-0.39, 0.29) is 0 Å². The molecule has 0 aliphatic rings. The summed E-state index contributed by atoms with van der Waals surface area (Å²) in [5, 5.41) is 10.0. The van der Waals surface area contributed by atoms with Crippen LogP contribution in [0.1, 0.15) is 16.5 Å². The van der Waals surface area contributed by atoms with Crippen molar-refractivity contribution in [3.05, 3.63) is 34.1 Å². The average molecular weight is 209 g/mol. The van der Waals surface area contributed by atoms with Gasteiger partial charge in [0, 0.05) is 23.7 Å². The van der Waals surface area contributed by atoms with Gasteiger partial charge in [0.2, 0.25) is 0 Å². The third kappa shape index (κ3) is 2.40. The zero-order valence-corrected chi connectivity index (χ0v) is 8.67. The third-order valence-electron chi connectivity index (χ3n) is 1.73. The summed E-state index contributed by atoms with van der Waals surface area (Å²) in [4.78, 5) is 4.34. The maximum absolute atomic E-state index is 4.95. The van der Waals surface area contributed by atoms with E-state index in [1.807, 2.05) is 18.4 Å². The van der Waals surface area contributed by atoms with Crippen molar-refractivity contribution in [3.63, 3.8) is 0 Å². The molecule has 14 heavy (non-hydrogen) atoms. The molecule has 0 amide bonds. The lowest BCUT2D eigenvalue weighted by Crippen LogP contribution is -2.11. The second-order valence-corrected chi connectivity index (χ2v) is 3.91. The standard InChI is InChI=1S/C9H11N3OS/c1-7-6-14-9(12-7)5-10-4-8-2-3-11-13-8/h2-3,6,10H,4-5H2,1H3. The Balaban J connectivity index is 1.78. The molecule has 0 saturated heterocycles. The molecule has 0 fully saturated rings. The van der Waals surface area contributed by atoms with Crippen LogP contribution in [0.3, 0.4) is 0 Å².